The number of hydrazone groups is 1. The number of amides is 3. The van der Waals surface area contributed by atoms with Gasteiger partial charge in [0.05, 0.1) is 29.6 Å². The summed E-state index contributed by atoms with van der Waals surface area (Å²) >= 11 is 2.08. The van der Waals surface area contributed by atoms with Gasteiger partial charge in [0, 0.05) is 18.8 Å². The zero-order chi connectivity index (χ0) is 26.1. The van der Waals surface area contributed by atoms with Gasteiger partial charge in [-0.2, -0.15) is 5.10 Å². The van der Waals surface area contributed by atoms with Crippen LogP contribution in [0.4, 0.5) is 5.69 Å². The number of nitrogens with zero attached hydrogens (tertiary/aromatic N) is 2. The number of morpholine rings is 1. The van der Waals surface area contributed by atoms with E-state index in [1.807, 2.05) is 39.0 Å². The molecule has 10 nitrogen and oxygen atoms in total. The highest BCUT2D eigenvalue weighted by atomic mass is 127. The summed E-state index contributed by atoms with van der Waals surface area (Å²) in [4.78, 5) is 38.6. The van der Waals surface area contributed by atoms with E-state index in [1.165, 1.54) is 6.21 Å². The molecule has 2 N–H and O–H groups in total. The van der Waals surface area contributed by atoms with Crippen molar-refractivity contribution >= 4 is 52.2 Å². The number of rotatable bonds is 8. The third kappa shape index (κ3) is 7.40. The van der Waals surface area contributed by atoms with Crippen molar-refractivity contribution in [2.75, 3.05) is 44.8 Å². The van der Waals surface area contributed by atoms with Crippen LogP contribution in [-0.4, -0.2) is 68.4 Å². The van der Waals surface area contributed by atoms with Gasteiger partial charge in [0.2, 0.25) is 0 Å². The van der Waals surface area contributed by atoms with E-state index >= 15 is 0 Å². The van der Waals surface area contributed by atoms with Gasteiger partial charge in [0.15, 0.2) is 18.1 Å². The van der Waals surface area contributed by atoms with E-state index in [0.29, 0.717) is 59.2 Å². The number of halogens is 1. The summed E-state index contributed by atoms with van der Waals surface area (Å²) in [6.07, 6.45) is 1.40. The molecule has 3 rings (SSSR count). The molecule has 0 aliphatic carbocycles. The highest BCUT2D eigenvalue weighted by Gasteiger charge is 2.20. The van der Waals surface area contributed by atoms with Crippen LogP contribution in [0.25, 0.3) is 0 Å². The second-order valence-electron chi connectivity index (χ2n) is 7.96. The molecule has 0 spiro atoms. The van der Waals surface area contributed by atoms with Crippen LogP contribution in [0.5, 0.6) is 11.5 Å². The van der Waals surface area contributed by atoms with Crippen molar-refractivity contribution in [1.82, 2.24) is 10.3 Å². The Morgan fingerprint density at radius 2 is 1.81 bits per heavy atom. The van der Waals surface area contributed by atoms with Gasteiger partial charge in [-0.15, -0.1) is 0 Å². The summed E-state index contributed by atoms with van der Waals surface area (Å²) in [6, 6.07) is 9.03. The van der Waals surface area contributed by atoms with Crippen molar-refractivity contribution in [2.24, 2.45) is 5.10 Å². The van der Waals surface area contributed by atoms with Crippen molar-refractivity contribution < 1.29 is 28.6 Å². The van der Waals surface area contributed by atoms with E-state index in [2.05, 4.69) is 38.4 Å². The third-order valence-electron chi connectivity index (χ3n) is 5.34. The molecule has 1 fully saturated rings. The van der Waals surface area contributed by atoms with Gasteiger partial charge in [0.25, 0.3) is 5.91 Å². The molecular weight excluding hydrogens is 579 g/mol. The molecule has 11 heteroatoms. The maximum absolute atomic E-state index is 12.4. The Balaban J connectivity index is 1.63. The second kappa shape index (κ2) is 13.2. The fourth-order valence-electron chi connectivity index (χ4n) is 3.50. The average molecular weight is 608 g/mol. The van der Waals surface area contributed by atoms with Crippen LogP contribution in [0.3, 0.4) is 0 Å². The first-order valence-corrected chi connectivity index (χ1v) is 12.5. The van der Waals surface area contributed by atoms with Gasteiger partial charge >= 0.3 is 11.8 Å². The number of ether oxygens (including phenoxy) is 3. The minimum Gasteiger partial charge on any atom is -0.490 e. The van der Waals surface area contributed by atoms with E-state index < -0.39 is 11.8 Å². The monoisotopic (exact) mass is 608 g/mol. The first-order valence-electron chi connectivity index (χ1n) is 11.5. The number of carbonyl (C=O) groups excluding carboxylic acids is 3. The Labute approximate surface area is 223 Å². The molecule has 2 aromatic rings. The SMILES string of the molecule is CCOc1cc(/C=N\NC(=O)C(=O)Nc2c(C)cccc2C)cc(I)c1OCC(=O)N1CCOCC1. The van der Waals surface area contributed by atoms with Crippen LogP contribution in [0.15, 0.2) is 35.4 Å². The lowest BCUT2D eigenvalue weighted by molar-refractivity contribution is -0.137. The fourth-order valence-corrected chi connectivity index (χ4v) is 4.28. The van der Waals surface area contributed by atoms with Crippen molar-refractivity contribution in [3.05, 3.63) is 50.6 Å². The summed E-state index contributed by atoms with van der Waals surface area (Å²) in [7, 11) is 0. The smallest absolute Gasteiger partial charge is 0.329 e. The van der Waals surface area contributed by atoms with Gasteiger partial charge in [-0.1, -0.05) is 18.2 Å². The molecule has 0 bridgehead atoms. The second-order valence-corrected chi connectivity index (χ2v) is 9.13. The number of carbonyl (C=O) groups is 3. The molecule has 36 heavy (non-hydrogen) atoms. The predicted octanol–water partition coefficient (Wildman–Crippen LogP) is 2.63. The Kier molecular flexibility index (Phi) is 10.1. The van der Waals surface area contributed by atoms with E-state index in [9.17, 15) is 14.4 Å². The van der Waals surface area contributed by atoms with E-state index in [1.54, 1.807) is 17.0 Å². The van der Waals surface area contributed by atoms with Crippen LogP contribution >= 0.6 is 22.6 Å². The maximum Gasteiger partial charge on any atom is 0.329 e. The number of anilines is 1. The van der Waals surface area contributed by atoms with E-state index in [-0.39, 0.29) is 12.5 Å². The van der Waals surface area contributed by atoms with Crippen LogP contribution in [-0.2, 0) is 19.1 Å². The number of benzene rings is 2. The molecule has 1 aliphatic heterocycles. The molecular formula is C25H29IN4O6. The van der Waals surface area contributed by atoms with Crippen LogP contribution in [0.2, 0.25) is 0 Å². The molecule has 0 radical (unpaired) electrons. The minimum absolute atomic E-state index is 0.116. The van der Waals surface area contributed by atoms with Crippen molar-refractivity contribution in [1.29, 1.82) is 0 Å². The summed E-state index contributed by atoms with van der Waals surface area (Å²) in [5.74, 6) is -0.935. The topological polar surface area (TPSA) is 119 Å². The number of hydrogen-bond donors (Lipinski definition) is 2. The van der Waals surface area contributed by atoms with Crippen molar-refractivity contribution in [3.63, 3.8) is 0 Å². The zero-order valence-electron chi connectivity index (χ0n) is 20.4. The molecule has 1 heterocycles. The number of aryl methyl sites for hydroxylation is 2. The highest BCUT2D eigenvalue weighted by molar-refractivity contribution is 14.1. The number of nitrogens with one attached hydrogen (secondary N) is 2. The van der Waals surface area contributed by atoms with Gasteiger partial charge in [-0.3, -0.25) is 14.4 Å². The normalized spacial score (nSPS) is 13.4. The zero-order valence-corrected chi connectivity index (χ0v) is 22.6. The minimum atomic E-state index is -0.893. The summed E-state index contributed by atoms with van der Waals surface area (Å²) < 4.78 is 17.5. The first kappa shape index (κ1) is 27.4. The molecule has 0 atom stereocenters. The average Bonchev–Trinajstić information content (AvgIpc) is 2.86. The molecule has 192 valence electrons. The van der Waals surface area contributed by atoms with Crippen LogP contribution < -0.4 is 20.2 Å². The Bertz CT molecular complexity index is 1130. The molecule has 0 saturated carbocycles. The van der Waals surface area contributed by atoms with Gasteiger partial charge in [0.1, 0.15) is 0 Å². The molecule has 1 saturated heterocycles. The quantitative estimate of drug-likeness (QED) is 0.206. The molecule has 2 aromatic carbocycles. The first-order chi connectivity index (χ1) is 17.3. The molecule has 3 amide bonds. The standard InChI is InChI=1S/C25H29IN4O6/c1-4-35-20-13-18(12-19(26)23(20)36-15-21(31)30-8-10-34-11-9-30)14-27-29-25(33)24(32)28-22-16(2)6-5-7-17(22)3/h5-7,12-14H,4,8-11,15H2,1-3H3,(H,28,32)(H,29,33)/b27-14-. The van der Waals surface area contributed by atoms with Crippen LogP contribution in [0.1, 0.15) is 23.6 Å². The molecule has 0 unspecified atom stereocenters. The Hall–Kier alpha value is -3.19. The number of hydrogen-bond acceptors (Lipinski definition) is 7. The highest BCUT2D eigenvalue weighted by Crippen LogP contribution is 2.34. The van der Waals surface area contributed by atoms with Crippen molar-refractivity contribution in [3.8, 4) is 11.5 Å². The number of para-hydroxylation sites is 1. The summed E-state index contributed by atoms with van der Waals surface area (Å²) in [5.41, 5.74) is 5.16. The lowest BCUT2D eigenvalue weighted by Crippen LogP contribution is -2.43. The van der Waals surface area contributed by atoms with E-state index in [0.717, 1.165) is 11.1 Å². The summed E-state index contributed by atoms with van der Waals surface area (Å²) in [5, 5.41) is 6.51. The fraction of sp³-hybridized carbons (Fsp3) is 0.360. The third-order valence-corrected chi connectivity index (χ3v) is 6.14. The maximum atomic E-state index is 12.4. The predicted molar refractivity (Wildman–Crippen MR) is 144 cm³/mol. The molecule has 0 aromatic heterocycles. The largest absolute Gasteiger partial charge is 0.490 e. The van der Waals surface area contributed by atoms with Crippen LogP contribution in [0, 0.1) is 17.4 Å². The van der Waals surface area contributed by atoms with Gasteiger partial charge in [-0.05, 0) is 72.2 Å². The Morgan fingerprint density at radius 3 is 2.47 bits per heavy atom. The van der Waals surface area contributed by atoms with Crippen molar-refractivity contribution in [2.45, 2.75) is 20.8 Å². The Morgan fingerprint density at radius 1 is 1.11 bits per heavy atom. The van der Waals surface area contributed by atoms with E-state index in [4.69, 9.17) is 14.2 Å². The van der Waals surface area contributed by atoms with Gasteiger partial charge < -0.3 is 24.4 Å². The van der Waals surface area contributed by atoms with Gasteiger partial charge in [-0.25, -0.2) is 5.43 Å². The summed E-state index contributed by atoms with van der Waals surface area (Å²) in [6.45, 7) is 7.93. The lowest BCUT2D eigenvalue weighted by atomic mass is 10.1. The lowest BCUT2D eigenvalue weighted by Gasteiger charge is -2.27. The molecule has 1 aliphatic rings.